The Bertz CT molecular complexity index is 360. The van der Waals surface area contributed by atoms with E-state index < -0.39 is 0 Å². The summed E-state index contributed by atoms with van der Waals surface area (Å²) in [7, 11) is 0. The maximum atomic E-state index is 8.74. The third-order valence-corrected chi connectivity index (χ3v) is 4.27. The minimum Gasteiger partial charge on any atom is -0.309 e. The normalized spacial score (nSPS) is 18.1. The van der Waals surface area contributed by atoms with Crippen molar-refractivity contribution >= 4 is 11.3 Å². The molecule has 1 aliphatic rings. The lowest BCUT2D eigenvalue weighted by atomic mass is 9.85. The molecule has 1 unspecified atom stereocenters. The highest BCUT2D eigenvalue weighted by Crippen LogP contribution is 2.27. The van der Waals surface area contributed by atoms with Crippen molar-refractivity contribution in [3.05, 3.63) is 21.9 Å². The van der Waals surface area contributed by atoms with Gasteiger partial charge in [0, 0.05) is 10.9 Å². The predicted octanol–water partition coefficient (Wildman–Crippen LogP) is 3.07. The Morgan fingerprint density at radius 1 is 1.60 bits per heavy atom. The zero-order valence-electron chi connectivity index (χ0n) is 8.99. The van der Waals surface area contributed by atoms with Crippen molar-refractivity contribution in [2.45, 2.75) is 32.2 Å². The van der Waals surface area contributed by atoms with E-state index in [-0.39, 0.29) is 0 Å². The number of hydrogen-bond acceptors (Lipinski definition) is 3. The van der Waals surface area contributed by atoms with Crippen LogP contribution >= 0.6 is 11.3 Å². The Kier molecular flexibility index (Phi) is 3.40. The first kappa shape index (κ1) is 10.7. The monoisotopic (exact) mass is 220 g/mol. The molecule has 0 spiro atoms. The summed E-state index contributed by atoms with van der Waals surface area (Å²) < 4.78 is 0. The number of nitrogens with one attached hydrogen (secondary N) is 1. The van der Waals surface area contributed by atoms with E-state index in [9.17, 15) is 0 Å². The summed E-state index contributed by atoms with van der Waals surface area (Å²) in [6.07, 6.45) is 4.17. The van der Waals surface area contributed by atoms with Crippen LogP contribution in [0.2, 0.25) is 0 Å². The number of hydrogen-bond donors (Lipinski definition) is 1. The van der Waals surface area contributed by atoms with Gasteiger partial charge < -0.3 is 5.32 Å². The van der Waals surface area contributed by atoms with Gasteiger partial charge in [-0.2, -0.15) is 5.26 Å². The molecule has 1 aromatic heterocycles. The van der Waals surface area contributed by atoms with Gasteiger partial charge in [0.2, 0.25) is 0 Å². The van der Waals surface area contributed by atoms with Gasteiger partial charge in [0.15, 0.2) is 0 Å². The SMILES string of the molecule is CC(NCC1CCC1)c1ccc(C#N)s1. The Morgan fingerprint density at radius 2 is 2.40 bits per heavy atom. The highest BCUT2D eigenvalue weighted by Gasteiger charge is 2.18. The molecule has 0 aliphatic heterocycles. The number of thiophene rings is 1. The molecule has 0 bridgehead atoms. The number of rotatable bonds is 4. The molecule has 1 heterocycles. The number of nitriles is 1. The molecule has 0 amide bonds. The molecule has 1 N–H and O–H groups in total. The van der Waals surface area contributed by atoms with Crippen LogP contribution in [0.1, 0.15) is 42.0 Å². The van der Waals surface area contributed by atoms with E-state index in [0.717, 1.165) is 17.3 Å². The van der Waals surface area contributed by atoms with Gasteiger partial charge in [0.1, 0.15) is 10.9 Å². The van der Waals surface area contributed by atoms with Gasteiger partial charge in [-0.25, -0.2) is 0 Å². The molecule has 1 atom stereocenters. The van der Waals surface area contributed by atoms with Gasteiger partial charge >= 0.3 is 0 Å². The molecule has 1 aromatic rings. The van der Waals surface area contributed by atoms with Crippen molar-refractivity contribution in [3.8, 4) is 6.07 Å². The smallest absolute Gasteiger partial charge is 0.110 e. The zero-order chi connectivity index (χ0) is 10.7. The molecule has 1 fully saturated rings. The van der Waals surface area contributed by atoms with Gasteiger partial charge in [-0.3, -0.25) is 0 Å². The van der Waals surface area contributed by atoms with Crippen LogP contribution in [0.25, 0.3) is 0 Å². The summed E-state index contributed by atoms with van der Waals surface area (Å²) in [6, 6.07) is 6.53. The van der Waals surface area contributed by atoms with Crippen molar-refractivity contribution in [1.82, 2.24) is 5.32 Å². The van der Waals surface area contributed by atoms with Gasteiger partial charge in [-0.15, -0.1) is 11.3 Å². The molecule has 2 rings (SSSR count). The van der Waals surface area contributed by atoms with Gasteiger partial charge in [0.05, 0.1) is 0 Å². The predicted molar refractivity (Wildman–Crippen MR) is 62.8 cm³/mol. The molecular formula is C12H16N2S. The molecule has 80 valence electrons. The summed E-state index contributed by atoms with van der Waals surface area (Å²) in [5, 5.41) is 12.3. The topological polar surface area (TPSA) is 35.8 Å². The van der Waals surface area contributed by atoms with Crippen LogP contribution < -0.4 is 5.32 Å². The maximum absolute atomic E-state index is 8.74. The van der Waals surface area contributed by atoms with Crippen LogP contribution in [0.5, 0.6) is 0 Å². The van der Waals surface area contributed by atoms with E-state index in [1.807, 2.05) is 6.07 Å². The Morgan fingerprint density at radius 3 is 2.93 bits per heavy atom. The molecular weight excluding hydrogens is 204 g/mol. The first-order chi connectivity index (χ1) is 7.29. The summed E-state index contributed by atoms with van der Waals surface area (Å²) in [6.45, 7) is 3.30. The first-order valence-corrected chi connectivity index (χ1v) is 6.34. The van der Waals surface area contributed by atoms with Crippen molar-refractivity contribution in [2.24, 2.45) is 5.92 Å². The molecule has 0 aromatic carbocycles. The first-order valence-electron chi connectivity index (χ1n) is 5.53. The van der Waals surface area contributed by atoms with Crippen molar-refractivity contribution in [2.75, 3.05) is 6.54 Å². The third-order valence-electron chi connectivity index (χ3n) is 3.10. The van der Waals surface area contributed by atoms with E-state index >= 15 is 0 Å². The van der Waals surface area contributed by atoms with Crippen LogP contribution in [0, 0.1) is 17.2 Å². The molecule has 2 nitrogen and oxygen atoms in total. The Labute approximate surface area is 94.9 Å². The second-order valence-corrected chi connectivity index (χ2v) is 5.36. The standard InChI is InChI=1S/C12H16N2S/c1-9(14-8-10-3-2-4-10)12-6-5-11(7-13)15-12/h5-6,9-10,14H,2-4,8H2,1H3. The van der Waals surface area contributed by atoms with Crippen LogP contribution in [0.15, 0.2) is 12.1 Å². The quantitative estimate of drug-likeness (QED) is 0.846. The Hall–Kier alpha value is -0.850. The zero-order valence-corrected chi connectivity index (χ0v) is 9.81. The second-order valence-electron chi connectivity index (χ2n) is 4.24. The molecule has 0 radical (unpaired) electrons. The fourth-order valence-corrected chi connectivity index (χ4v) is 2.62. The lowest BCUT2D eigenvalue weighted by molar-refractivity contribution is 0.293. The van der Waals surface area contributed by atoms with Gasteiger partial charge in [0.25, 0.3) is 0 Å². The largest absolute Gasteiger partial charge is 0.309 e. The van der Waals surface area contributed by atoms with E-state index in [4.69, 9.17) is 5.26 Å². The summed E-state index contributed by atoms with van der Waals surface area (Å²) in [5.41, 5.74) is 0. The minimum atomic E-state index is 0.387. The van der Waals surface area contributed by atoms with Crippen LogP contribution in [0.4, 0.5) is 0 Å². The maximum Gasteiger partial charge on any atom is 0.110 e. The average molecular weight is 220 g/mol. The van der Waals surface area contributed by atoms with Crippen LogP contribution in [-0.2, 0) is 0 Å². The molecule has 15 heavy (non-hydrogen) atoms. The summed E-state index contributed by atoms with van der Waals surface area (Å²) in [5.74, 6) is 0.892. The highest BCUT2D eigenvalue weighted by molar-refractivity contribution is 7.12. The van der Waals surface area contributed by atoms with E-state index in [2.05, 4.69) is 24.4 Å². The molecule has 3 heteroatoms. The second kappa shape index (κ2) is 4.78. The highest BCUT2D eigenvalue weighted by atomic mass is 32.1. The lowest BCUT2D eigenvalue weighted by Gasteiger charge is -2.27. The van der Waals surface area contributed by atoms with Crippen molar-refractivity contribution in [1.29, 1.82) is 5.26 Å². The van der Waals surface area contributed by atoms with E-state index in [0.29, 0.717) is 6.04 Å². The number of nitrogens with zero attached hydrogens (tertiary/aromatic N) is 1. The summed E-state index contributed by atoms with van der Waals surface area (Å²) in [4.78, 5) is 2.08. The molecule has 0 saturated heterocycles. The molecule has 1 aliphatic carbocycles. The lowest BCUT2D eigenvalue weighted by Crippen LogP contribution is -2.28. The van der Waals surface area contributed by atoms with E-state index in [1.54, 1.807) is 11.3 Å². The fraction of sp³-hybridized carbons (Fsp3) is 0.583. The van der Waals surface area contributed by atoms with Crippen molar-refractivity contribution in [3.63, 3.8) is 0 Å². The van der Waals surface area contributed by atoms with Crippen LogP contribution in [-0.4, -0.2) is 6.54 Å². The fourth-order valence-electron chi connectivity index (χ4n) is 1.79. The third kappa shape index (κ3) is 2.58. The average Bonchev–Trinajstić information content (AvgIpc) is 2.63. The minimum absolute atomic E-state index is 0.387. The molecule has 1 saturated carbocycles. The van der Waals surface area contributed by atoms with Gasteiger partial charge in [-0.1, -0.05) is 6.42 Å². The summed E-state index contributed by atoms with van der Waals surface area (Å²) >= 11 is 1.59. The van der Waals surface area contributed by atoms with E-state index in [1.165, 1.54) is 24.1 Å². The van der Waals surface area contributed by atoms with Gasteiger partial charge in [-0.05, 0) is 44.4 Å². The van der Waals surface area contributed by atoms with Crippen molar-refractivity contribution < 1.29 is 0 Å². The Balaban J connectivity index is 1.84. The van der Waals surface area contributed by atoms with Crippen LogP contribution in [0.3, 0.4) is 0 Å².